The Morgan fingerprint density at radius 2 is 2.28 bits per heavy atom. The van der Waals surface area contributed by atoms with Crippen LogP contribution in [0.3, 0.4) is 0 Å². The van der Waals surface area contributed by atoms with Crippen LogP contribution in [0.1, 0.15) is 10.4 Å². The van der Waals surface area contributed by atoms with E-state index >= 15 is 0 Å². The molecule has 0 bridgehead atoms. The Labute approximate surface area is 104 Å². The van der Waals surface area contributed by atoms with E-state index in [0.717, 1.165) is 0 Å². The quantitative estimate of drug-likeness (QED) is 0.586. The second-order valence-electron chi connectivity index (χ2n) is 3.25. The zero-order valence-electron chi connectivity index (χ0n) is 9.80. The molecule has 0 fully saturated rings. The van der Waals surface area contributed by atoms with Crippen molar-refractivity contribution in [2.45, 2.75) is 0 Å². The minimum Gasteiger partial charge on any atom is -0.493 e. The number of nitrogens with zero attached hydrogens (tertiary/aromatic N) is 1. The molecule has 0 spiro atoms. The van der Waals surface area contributed by atoms with Crippen LogP contribution in [0, 0.1) is 11.3 Å². The molecule has 0 unspecified atom stereocenters. The van der Waals surface area contributed by atoms with Crippen molar-refractivity contribution in [2.75, 3.05) is 20.3 Å². The lowest BCUT2D eigenvalue weighted by Crippen LogP contribution is -2.29. The Hall–Kier alpha value is -2.55. The maximum Gasteiger partial charge on any atom is 0.258 e. The molecule has 94 valence electrons. The highest BCUT2D eigenvalue weighted by molar-refractivity contribution is 5.78. The average Bonchev–Trinajstić information content (AvgIpc) is 2.42. The van der Waals surface area contributed by atoms with Gasteiger partial charge in [-0.25, -0.2) is 0 Å². The molecule has 0 radical (unpaired) electrons. The van der Waals surface area contributed by atoms with Crippen molar-refractivity contribution in [3.63, 3.8) is 0 Å². The van der Waals surface area contributed by atoms with Crippen LogP contribution in [0.5, 0.6) is 11.5 Å². The van der Waals surface area contributed by atoms with Gasteiger partial charge in [-0.05, 0) is 18.2 Å². The number of hydrogen-bond acceptors (Lipinski definition) is 5. The van der Waals surface area contributed by atoms with Crippen molar-refractivity contribution >= 4 is 12.2 Å². The van der Waals surface area contributed by atoms with Crippen LogP contribution in [-0.2, 0) is 4.79 Å². The fraction of sp³-hybridized carbons (Fsp3) is 0.250. The van der Waals surface area contributed by atoms with Crippen LogP contribution in [0.2, 0.25) is 0 Å². The Morgan fingerprint density at radius 1 is 1.50 bits per heavy atom. The molecule has 1 rings (SSSR count). The first-order chi connectivity index (χ1) is 8.71. The van der Waals surface area contributed by atoms with Gasteiger partial charge in [0.25, 0.3) is 5.91 Å². The lowest BCUT2D eigenvalue weighted by molar-refractivity contribution is -0.122. The number of hydrogen-bond donors (Lipinski definition) is 1. The Balaban J connectivity index is 2.64. The van der Waals surface area contributed by atoms with Gasteiger partial charge in [-0.1, -0.05) is 0 Å². The second-order valence-corrected chi connectivity index (χ2v) is 3.25. The maximum absolute atomic E-state index is 11.2. The molecule has 0 heterocycles. The van der Waals surface area contributed by atoms with Crippen molar-refractivity contribution in [3.8, 4) is 17.6 Å². The third-order valence-corrected chi connectivity index (χ3v) is 2.05. The van der Waals surface area contributed by atoms with E-state index in [1.807, 2.05) is 0 Å². The fourth-order valence-electron chi connectivity index (χ4n) is 1.21. The van der Waals surface area contributed by atoms with Crippen molar-refractivity contribution in [3.05, 3.63) is 23.8 Å². The molecule has 6 nitrogen and oxygen atoms in total. The molecule has 6 heteroatoms. The Kier molecular flexibility index (Phi) is 5.19. The van der Waals surface area contributed by atoms with Gasteiger partial charge >= 0.3 is 0 Å². The third kappa shape index (κ3) is 3.79. The van der Waals surface area contributed by atoms with Gasteiger partial charge in [-0.2, -0.15) is 5.26 Å². The third-order valence-electron chi connectivity index (χ3n) is 2.05. The predicted molar refractivity (Wildman–Crippen MR) is 62.5 cm³/mol. The summed E-state index contributed by atoms with van der Waals surface area (Å²) < 4.78 is 10.3. The maximum atomic E-state index is 11.2. The van der Waals surface area contributed by atoms with Crippen molar-refractivity contribution < 1.29 is 19.1 Å². The number of aldehydes is 1. The zero-order chi connectivity index (χ0) is 13.4. The van der Waals surface area contributed by atoms with Crippen LogP contribution in [-0.4, -0.2) is 32.5 Å². The minimum absolute atomic E-state index is 0.0661. The highest BCUT2D eigenvalue weighted by Crippen LogP contribution is 2.27. The summed E-state index contributed by atoms with van der Waals surface area (Å²) in [7, 11) is 1.44. The van der Waals surface area contributed by atoms with Gasteiger partial charge < -0.3 is 14.8 Å². The summed E-state index contributed by atoms with van der Waals surface area (Å²) in [6.07, 6.45) is 0.686. The van der Waals surface area contributed by atoms with E-state index in [1.165, 1.54) is 13.2 Å². The van der Waals surface area contributed by atoms with Gasteiger partial charge in [0.05, 0.1) is 13.2 Å². The van der Waals surface area contributed by atoms with Crippen LogP contribution >= 0.6 is 0 Å². The summed E-state index contributed by atoms with van der Waals surface area (Å²) in [6.45, 7) is -0.290. The smallest absolute Gasteiger partial charge is 0.258 e. The van der Waals surface area contributed by atoms with Crippen LogP contribution < -0.4 is 14.8 Å². The molecule has 1 aromatic rings. The number of ether oxygens (including phenoxy) is 2. The summed E-state index contributed by atoms with van der Waals surface area (Å²) in [5.74, 6) is 0.320. The number of benzene rings is 1. The second kappa shape index (κ2) is 6.91. The highest BCUT2D eigenvalue weighted by Gasteiger charge is 2.08. The fourth-order valence-corrected chi connectivity index (χ4v) is 1.21. The molecule has 18 heavy (non-hydrogen) atoms. The van der Waals surface area contributed by atoms with E-state index in [2.05, 4.69) is 5.32 Å². The summed E-state index contributed by atoms with van der Waals surface area (Å²) in [5, 5.41) is 10.6. The Bertz CT molecular complexity index is 479. The SMILES string of the molecule is COc1cc(C=O)ccc1OCC(=O)NCC#N. The van der Waals surface area contributed by atoms with Crippen molar-refractivity contribution in [1.82, 2.24) is 5.32 Å². The molecule has 0 aliphatic heterocycles. The lowest BCUT2D eigenvalue weighted by Gasteiger charge is -2.10. The lowest BCUT2D eigenvalue weighted by atomic mass is 10.2. The van der Waals surface area contributed by atoms with Gasteiger partial charge in [0.1, 0.15) is 12.8 Å². The molecule has 0 aromatic heterocycles. The molecule has 1 amide bonds. The average molecular weight is 248 g/mol. The number of rotatable bonds is 6. The first-order valence-corrected chi connectivity index (χ1v) is 5.11. The predicted octanol–water partition coefficient (Wildman–Crippen LogP) is 0.526. The molecular weight excluding hydrogens is 236 g/mol. The van der Waals surface area contributed by atoms with E-state index in [1.54, 1.807) is 18.2 Å². The van der Waals surface area contributed by atoms with E-state index < -0.39 is 5.91 Å². The van der Waals surface area contributed by atoms with E-state index in [-0.39, 0.29) is 13.2 Å². The molecule has 0 aliphatic carbocycles. The summed E-state index contributed by atoms with van der Waals surface area (Å²) >= 11 is 0. The number of carbonyl (C=O) groups excluding carboxylic acids is 2. The van der Waals surface area contributed by atoms with E-state index in [4.69, 9.17) is 14.7 Å². The molecule has 0 atom stereocenters. The topological polar surface area (TPSA) is 88.4 Å². The molecule has 1 aromatic carbocycles. The molecule has 1 N–H and O–H groups in total. The standard InChI is InChI=1S/C12H12N2O4/c1-17-11-6-9(7-15)2-3-10(11)18-8-12(16)14-5-4-13/h2-3,6-7H,5,8H2,1H3,(H,14,16). The van der Waals surface area contributed by atoms with Gasteiger partial charge in [-0.15, -0.1) is 0 Å². The van der Waals surface area contributed by atoms with Gasteiger partial charge in [0.15, 0.2) is 18.1 Å². The minimum atomic E-state index is -0.405. The molecular formula is C12H12N2O4. The van der Waals surface area contributed by atoms with Gasteiger partial charge in [0, 0.05) is 5.56 Å². The van der Waals surface area contributed by atoms with E-state index in [9.17, 15) is 9.59 Å². The summed E-state index contributed by atoms with van der Waals surface area (Å²) in [5.41, 5.74) is 0.452. The normalized spacial score (nSPS) is 9.11. The summed E-state index contributed by atoms with van der Waals surface area (Å²) in [6, 6.07) is 6.39. The van der Waals surface area contributed by atoms with Crippen molar-refractivity contribution in [1.29, 1.82) is 5.26 Å². The van der Waals surface area contributed by atoms with Gasteiger partial charge in [0.2, 0.25) is 0 Å². The van der Waals surface area contributed by atoms with E-state index in [0.29, 0.717) is 23.3 Å². The summed E-state index contributed by atoms with van der Waals surface area (Å²) in [4.78, 5) is 21.8. The number of amides is 1. The van der Waals surface area contributed by atoms with Crippen LogP contribution in [0.4, 0.5) is 0 Å². The monoisotopic (exact) mass is 248 g/mol. The number of carbonyl (C=O) groups is 2. The number of nitriles is 1. The number of nitrogens with one attached hydrogen (secondary N) is 1. The van der Waals surface area contributed by atoms with Crippen LogP contribution in [0.15, 0.2) is 18.2 Å². The number of methoxy groups -OCH3 is 1. The largest absolute Gasteiger partial charge is 0.493 e. The Morgan fingerprint density at radius 3 is 2.89 bits per heavy atom. The highest BCUT2D eigenvalue weighted by atomic mass is 16.5. The molecule has 0 aliphatic rings. The first-order valence-electron chi connectivity index (χ1n) is 5.11. The van der Waals surface area contributed by atoms with Crippen LogP contribution in [0.25, 0.3) is 0 Å². The zero-order valence-corrected chi connectivity index (χ0v) is 9.80. The molecule has 0 saturated carbocycles. The van der Waals surface area contributed by atoms with Crippen molar-refractivity contribution in [2.24, 2.45) is 0 Å². The molecule has 0 saturated heterocycles. The van der Waals surface area contributed by atoms with Gasteiger partial charge in [-0.3, -0.25) is 9.59 Å². The first kappa shape index (κ1) is 13.5.